The molecule has 0 atom stereocenters. The zero-order valence-corrected chi connectivity index (χ0v) is 3.71. The third-order valence-corrected chi connectivity index (χ3v) is 0. The van der Waals surface area contributed by atoms with Gasteiger partial charge in [0.15, 0.2) is 0 Å². The number of hydrogen-bond acceptors (Lipinski definition) is 0. The van der Waals surface area contributed by atoms with Crippen molar-refractivity contribution in [2.45, 2.75) is 0 Å². The van der Waals surface area contributed by atoms with Crippen LogP contribution in [0.15, 0.2) is 0 Å². The molecule has 0 fully saturated rings. The van der Waals surface area contributed by atoms with Crippen LogP contribution >= 0.6 is 0 Å². The van der Waals surface area contributed by atoms with Crippen molar-refractivity contribution < 1.29 is 12.9 Å². The zero-order chi connectivity index (χ0) is 5.58. The molecule has 0 N–H and O–H groups in total. The molecule has 0 spiro atoms. The minimum atomic E-state index is -3.67. The van der Waals surface area contributed by atoms with Gasteiger partial charge in [0.05, 0.1) is 15.5 Å². The maximum atomic E-state index is 9.67. The summed E-state index contributed by atoms with van der Waals surface area (Å²) in [4.78, 5) is 0. The van der Waals surface area contributed by atoms with Crippen molar-refractivity contribution >= 4 is 23.0 Å². The van der Waals surface area contributed by atoms with Gasteiger partial charge >= 0.3 is 7.54 Å². The Kier molecular flexibility index (Phi) is 13.9. The molecule has 0 rings (SSSR count). The normalized spacial score (nSPS) is 5.17. The molecule has 0 aliphatic rings. The first-order chi connectivity index (χ1) is 2.73. The lowest BCUT2D eigenvalue weighted by Gasteiger charge is -1.55. The Balaban J connectivity index is 0. The molecule has 0 saturated heterocycles. The van der Waals surface area contributed by atoms with E-state index in [1.807, 2.05) is 15.5 Å². The van der Waals surface area contributed by atoms with Crippen molar-refractivity contribution in [1.29, 1.82) is 0 Å². The summed E-state index contributed by atoms with van der Waals surface area (Å²) in [5, 5.41) is 0. The molecule has 0 unspecified atom stereocenters. The number of halogens is 3. The van der Waals surface area contributed by atoms with Gasteiger partial charge in [-0.3, -0.25) is 12.9 Å². The Morgan fingerprint density at radius 2 is 1.00 bits per heavy atom. The molecule has 0 amide bonds. The van der Waals surface area contributed by atoms with E-state index in [-0.39, 0.29) is 0 Å². The van der Waals surface area contributed by atoms with Crippen LogP contribution in [0.5, 0.6) is 0 Å². The van der Waals surface area contributed by atoms with E-state index >= 15 is 0 Å². The highest BCUT2D eigenvalue weighted by Crippen LogP contribution is 1.80. The molecule has 0 aliphatic carbocycles. The molecule has 0 aromatic rings. The van der Waals surface area contributed by atoms with Gasteiger partial charge in [-0.25, -0.2) is 0 Å². The summed E-state index contributed by atoms with van der Waals surface area (Å²) in [5.74, 6) is 0. The number of hydrogen-bond donors (Lipinski definition) is 0. The average molecular weight is 93.5 g/mol. The summed E-state index contributed by atoms with van der Waals surface area (Å²) in [6, 6.07) is 0. The minimum Gasteiger partial charge on any atom is -0.254 e. The molecule has 0 aromatic heterocycles. The summed E-state index contributed by atoms with van der Waals surface area (Å²) in [6.45, 7) is 0. The predicted molar refractivity (Wildman–Crippen MR) is 26.2 cm³/mol. The second-order valence-corrected chi connectivity index (χ2v) is 0.247. The smallest absolute Gasteiger partial charge is 0.254 e. The van der Waals surface area contributed by atoms with E-state index in [0.717, 1.165) is 0 Å². The van der Waals surface area contributed by atoms with Crippen LogP contribution in [0.3, 0.4) is 0 Å². The summed E-state index contributed by atoms with van der Waals surface area (Å²) < 4.78 is 29.0. The van der Waals surface area contributed by atoms with Gasteiger partial charge in [-0.05, 0) is 0 Å². The molecule has 0 nitrogen and oxygen atoms in total. The van der Waals surface area contributed by atoms with E-state index < -0.39 is 7.54 Å². The molecule has 34 valence electrons. The first-order valence-electron chi connectivity index (χ1n) is 1.65. The maximum absolute atomic E-state index is 9.67. The monoisotopic (exact) mass is 94.1 g/mol. The topological polar surface area (TPSA) is 0 Å². The second kappa shape index (κ2) is 8.88. The molecule has 6 heteroatoms. The summed E-state index contributed by atoms with van der Waals surface area (Å²) in [5.41, 5.74) is 0. The van der Waals surface area contributed by atoms with Gasteiger partial charge in [-0.1, -0.05) is 0 Å². The molecule has 0 radical (unpaired) electrons. The third kappa shape index (κ3) is 154000. The van der Waals surface area contributed by atoms with Crippen molar-refractivity contribution in [3.63, 3.8) is 0 Å². The first kappa shape index (κ1) is 9.37. The fourth-order valence-electron chi connectivity index (χ4n) is 0. The molecule has 0 bridgehead atoms. The average Bonchev–Trinajstić information content (AvgIpc) is 1.41. The van der Waals surface area contributed by atoms with Crippen molar-refractivity contribution in [3.05, 3.63) is 0 Å². The van der Waals surface area contributed by atoms with Gasteiger partial charge in [0.1, 0.15) is 0 Å². The number of rotatable bonds is 0. The van der Waals surface area contributed by atoms with Crippen LogP contribution < -0.4 is 0 Å². The first-order valence-corrected chi connectivity index (χ1v) is 1.65. The second-order valence-electron chi connectivity index (χ2n) is 0.247. The van der Waals surface area contributed by atoms with Crippen LogP contribution in [0.2, 0.25) is 0 Å². The Morgan fingerprint density at radius 3 is 1.00 bits per heavy atom. The van der Waals surface area contributed by atoms with E-state index in [0.29, 0.717) is 0 Å². The lowest BCUT2D eigenvalue weighted by Crippen LogP contribution is -1.76. The van der Waals surface area contributed by atoms with Crippen molar-refractivity contribution in [1.82, 2.24) is 0 Å². The lowest BCUT2D eigenvalue weighted by atomic mass is 9.81. The maximum Gasteiger partial charge on any atom is 0.762 e. The van der Waals surface area contributed by atoms with E-state index in [4.69, 9.17) is 0 Å². The van der Waals surface area contributed by atoms with E-state index in [1.54, 1.807) is 0 Å². The fraction of sp³-hybridized carbons (Fsp3) is 0. The van der Waals surface area contributed by atoms with Gasteiger partial charge < -0.3 is 0 Å². The van der Waals surface area contributed by atoms with Crippen molar-refractivity contribution in [3.8, 4) is 0 Å². The van der Waals surface area contributed by atoms with Gasteiger partial charge in [0, 0.05) is 0 Å². The summed E-state index contributed by atoms with van der Waals surface area (Å²) in [6.07, 6.45) is 0. The third-order valence-electron chi connectivity index (χ3n) is 0. The molecule has 0 aliphatic heterocycles. The van der Waals surface area contributed by atoms with Crippen molar-refractivity contribution in [2.75, 3.05) is 0 Å². The van der Waals surface area contributed by atoms with E-state index in [9.17, 15) is 12.9 Å². The van der Waals surface area contributed by atoms with Crippen molar-refractivity contribution in [2.24, 2.45) is 0 Å². The quantitative estimate of drug-likeness (QED) is 0.339. The fourth-order valence-corrected chi connectivity index (χ4v) is 0. The molecule has 0 heterocycles. The van der Waals surface area contributed by atoms with Crippen LogP contribution in [0.1, 0.15) is 0 Å². The van der Waals surface area contributed by atoms with Crippen LogP contribution in [-0.4, -0.2) is 23.0 Å². The summed E-state index contributed by atoms with van der Waals surface area (Å²) in [7, 11) is 0.333. The highest BCUT2D eigenvalue weighted by molar-refractivity contribution is 6.75. The van der Waals surface area contributed by atoms with Gasteiger partial charge in [0.25, 0.3) is 0 Å². The molecule has 0 saturated carbocycles. The SMILES string of the molecule is BB.FB(F)F. The van der Waals surface area contributed by atoms with E-state index in [2.05, 4.69) is 0 Å². The highest BCUT2D eigenvalue weighted by atomic mass is 19.4. The Morgan fingerprint density at radius 1 is 1.00 bits per heavy atom. The predicted octanol–water partition coefficient (Wildman–Crippen LogP) is -0.953. The van der Waals surface area contributed by atoms with Crippen LogP contribution in [0, 0.1) is 0 Å². The van der Waals surface area contributed by atoms with Crippen LogP contribution in [0.25, 0.3) is 0 Å². The zero-order valence-electron chi connectivity index (χ0n) is 3.71. The highest BCUT2D eigenvalue weighted by Gasteiger charge is 2.06. The molecule has 6 heavy (non-hydrogen) atoms. The molecular weight excluding hydrogens is 89.4 g/mol. The molecule has 0 aromatic carbocycles. The van der Waals surface area contributed by atoms with Crippen LogP contribution in [-0.2, 0) is 0 Å². The standard InChI is InChI=1S/B2H4.BF3/c1-2;2-1(3)4/h1-2H2;. The minimum absolute atomic E-state index is 2.00. The van der Waals surface area contributed by atoms with E-state index in [1.165, 1.54) is 0 Å². The largest absolute Gasteiger partial charge is 0.762 e. The Bertz CT molecular complexity index is 10.8. The van der Waals surface area contributed by atoms with Gasteiger partial charge in [-0.2, -0.15) is 0 Å². The Labute approximate surface area is 37.1 Å². The molecular formula is H4B3F3. The van der Waals surface area contributed by atoms with Crippen LogP contribution in [0.4, 0.5) is 12.9 Å². The van der Waals surface area contributed by atoms with Gasteiger partial charge in [0.2, 0.25) is 0 Å². The Hall–Kier alpha value is -0.0152. The summed E-state index contributed by atoms with van der Waals surface area (Å²) >= 11 is 0. The lowest BCUT2D eigenvalue weighted by molar-refractivity contribution is 0.535. The van der Waals surface area contributed by atoms with Gasteiger partial charge in [-0.15, -0.1) is 0 Å².